The number of phosphoric acid groups is 1. The summed E-state index contributed by atoms with van der Waals surface area (Å²) in [6, 6.07) is -0.870. The lowest BCUT2D eigenvalue weighted by atomic mass is 10.0. The standard InChI is InChI=1S/C74H131N2O6P/c1-6-8-10-12-14-16-18-20-22-24-26-28-29-30-31-32-33-34-35-36-37-38-39-40-41-42-43-44-45-46-47-48-50-52-54-56-58-60-62-64-66-68-74(78)75-72(71-82-83(79,80)81-70-69-76(3,4)5)73(77)67-65-63-61-59-57-55-53-51-49-27-25-23-21-19-17-15-13-11-9-7-2/h8,10,14,16,20,22,26,28,30-31,33-34,36-37,39-40,57,59,65,67,72-73,77H,6-7,9,11-13,15,17-19,21,23-25,27,29,32,35,38,41-56,58,60-64,66,68-71H2,1-5H3,(H-,75,78,79,80)/p+1/b10-8-,16-14-,22-20-,28-26-,31-30-,34-33-,37-36-,40-39-,59-57+,67-65+. The van der Waals surface area contributed by atoms with Gasteiger partial charge in [0.05, 0.1) is 39.9 Å². The molecular formula is C74H132N2O6P+. The number of unbranched alkanes of at least 4 members (excludes halogenated alkanes) is 31. The second-order valence-electron chi connectivity index (χ2n) is 24.2. The van der Waals surface area contributed by atoms with Gasteiger partial charge in [0.25, 0.3) is 0 Å². The fourth-order valence-corrected chi connectivity index (χ4v) is 10.3. The van der Waals surface area contributed by atoms with Gasteiger partial charge in [-0.3, -0.25) is 13.8 Å². The van der Waals surface area contributed by atoms with Gasteiger partial charge in [-0.2, -0.15) is 0 Å². The number of phosphoric ester groups is 1. The van der Waals surface area contributed by atoms with Crippen LogP contribution in [0.4, 0.5) is 0 Å². The topological polar surface area (TPSA) is 105 Å². The van der Waals surface area contributed by atoms with Crippen LogP contribution in [0.5, 0.6) is 0 Å². The van der Waals surface area contributed by atoms with Crippen LogP contribution in [0, 0.1) is 0 Å². The van der Waals surface area contributed by atoms with E-state index in [-0.39, 0.29) is 19.1 Å². The van der Waals surface area contributed by atoms with E-state index in [1.165, 1.54) is 180 Å². The molecule has 9 heteroatoms. The zero-order valence-electron chi connectivity index (χ0n) is 54.7. The minimum absolute atomic E-state index is 0.0529. The maximum Gasteiger partial charge on any atom is 0.472 e. The van der Waals surface area contributed by atoms with Gasteiger partial charge in [0.2, 0.25) is 5.91 Å². The van der Waals surface area contributed by atoms with Crippen LogP contribution in [0.15, 0.2) is 122 Å². The lowest BCUT2D eigenvalue weighted by Crippen LogP contribution is -2.45. The number of nitrogens with one attached hydrogen (secondary N) is 1. The van der Waals surface area contributed by atoms with Crippen molar-refractivity contribution in [2.45, 2.75) is 302 Å². The average Bonchev–Trinajstić information content (AvgIpc) is 3.49. The molecule has 8 nitrogen and oxygen atoms in total. The van der Waals surface area contributed by atoms with Crippen LogP contribution < -0.4 is 5.32 Å². The fourth-order valence-electron chi connectivity index (χ4n) is 9.61. The molecule has 0 saturated heterocycles. The van der Waals surface area contributed by atoms with Crippen molar-refractivity contribution >= 4 is 13.7 Å². The number of quaternary nitrogens is 1. The zero-order chi connectivity index (χ0) is 60.5. The molecule has 0 rings (SSSR count). The molecule has 1 amide bonds. The van der Waals surface area contributed by atoms with Gasteiger partial charge in [0.15, 0.2) is 0 Å². The van der Waals surface area contributed by atoms with Gasteiger partial charge in [-0.25, -0.2) is 4.57 Å². The highest BCUT2D eigenvalue weighted by atomic mass is 31.2. The van der Waals surface area contributed by atoms with Gasteiger partial charge in [-0.05, 0) is 96.3 Å². The van der Waals surface area contributed by atoms with Gasteiger partial charge in [0.1, 0.15) is 13.2 Å². The largest absolute Gasteiger partial charge is 0.472 e. The quantitative estimate of drug-likeness (QED) is 0.0243. The van der Waals surface area contributed by atoms with Gasteiger partial charge in [0, 0.05) is 6.42 Å². The molecule has 0 bridgehead atoms. The van der Waals surface area contributed by atoms with Gasteiger partial charge in [-0.1, -0.05) is 309 Å². The fraction of sp³-hybridized carbons (Fsp3) is 0.716. The third kappa shape index (κ3) is 66.3. The molecule has 0 heterocycles. The van der Waals surface area contributed by atoms with Crippen molar-refractivity contribution < 1.29 is 32.9 Å². The molecule has 0 aliphatic rings. The molecular weight excluding hydrogens is 1040 g/mol. The molecule has 3 atom stereocenters. The van der Waals surface area contributed by atoms with E-state index in [2.05, 4.69) is 129 Å². The Kier molecular flexibility index (Phi) is 61.0. The molecule has 0 spiro atoms. The first-order valence-electron chi connectivity index (χ1n) is 34.4. The number of likely N-dealkylation sites (N-methyl/N-ethyl adjacent to an activating group) is 1. The predicted molar refractivity (Wildman–Crippen MR) is 364 cm³/mol. The highest BCUT2D eigenvalue weighted by molar-refractivity contribution is 7.47. The molecule has 478 valence electrons. The molecule has 3 unspecified atom stereocenters. The first kappa shape index (κ1) is 79.9. The van der Waals surface area contributed by atoms with E-state index in [4.69, 9.17) is 9.05 Å². The number of carbonyl (C=O) groups is 1. The second-order valence-corrected chi connectivity index (χ2v) is 25.6. The van der Waals surface area contributed by atoms with Crippen molar-refractivity contribution in [2.24, 2.45) is 0 Å². The van der Waals surface area contributed by atoms with E-state index in [0.717, 1.165) is 89.9 Å². The van der Waals surface area contributed by atoms with E-state index in [1.807, 2.05) is 27.2 Å². The summed E-state index contributed by atoms with van der Waals surface area (Å²) >= 11 is 0. The maximum atomic E-state index is 13.0. The Hall–Kier alpha value is -3.10. The number of rotatable bonds is 62. The molecule has 0 radical (unpaired) electrons. The number of hydrogen-bond donors (Lipinski definition) is 3. The van der Waals surface area contributed by atoms with E-state index in [0.29, 0.717) is 17.4 Å². The van der Waals surface area contributed by atoms with Crippen molar-refractivity contribution in [1.29, 1.82) is 0 Å². The van der Waals surface area contributed by atoms with Crippen molar-refractivity contribution in [1.82, 2.24) is 5.32 Å². The van der Waals surface area contributed by atoms with Crippen molar-refractivity contribution in [3.63, 3.8) is 0 Å². The van der Waals surface area contributed by atoms with Gasteiger partial charge >= 0.3 is 7.82 Å². The first-order chi connectivity index (χ1) is 40.5. The second kappa shape index (κ2) is 63.4. The van der Waals surface area contributed by atoms with E-state index in [1.54, 1.807) is 6.08 Å². The zero-order valence-corrected chi connectivity index (χ0v) is 55.5. The number of amides is 1. The Morgan fingerprint density at radius 2 is 0.735 bits per heavy atom. The van der Waals surface area contributed by atoms with Crippen LogP contribution in [0.2, 0.25) is 0 Å². The van der Waals surface area contributed by atoms with Crippen LogP contribution in [-0.2, 0) is 18.4 Å². The molecule has 0 aliphatic carbocycles. The highest BCUT2D eigenvalue weighted by Gasteiger charge is 2.28. The Morgan fingerprint density at radius 3 is 1.11 bits per heavy atom. The lowest BCUT2D eigenvalue weighted by molar-refractivity contribution is -0.870. The minimum atomic E-state index is -4.36. The number of hydrogen-bond acceptors (Lipinski definition) is 5. The van der Waals surface area contributed by atoms with Crippen LogP contribution in [0.1, 0.15) is 290 Å². The van der Waals surface area contributed by atoms with Crippen molar-refractivity contribution in [2.75, 3.05) is 40.9 Å². The first-order valence-corrected chi connectivity index (χ1v) is 35.9. The molecule has 0 aromatic heterocycles. The lowest BCUT2D eigenvalue weighted by Gasteiger charge is -2.25. The summed E-state index contributed by atoms with van der Waals surface area (Å²) in [5.41, 5.74) is 0. The van der Waals surface area contributed by atoms with Crippen molar-refractivity contribution in [3.05, 3.63) is 122 Å². The molecule has 0 aliphatic heterocycles. The average molecular weight is 1180 g/mol. The molecule has 0 aromatic carbocycles. The Morgan fingerprint density at radius 1 is 0.422 bits per heavy atom. The summed E-state index contributed by atoms with van der Waals surface area (Å²) in [6.45, 7) is 4.70. The van der Waals surface area contributed by atoms with Crippen molar-refractivity contribution in [3.8, 4) is 0 Å². The monoisotopic (exact) mass is 1180 g/mol. The maximum absolute atomic E-state index is 13.0. The Balaban J connectivity index is 4.05. The van der Waals surface area contributed by atoms with Crippen LogP contribution in [0.3, 0.4) is 0 Å². The van der Waals surface area contributed by atoms with Gasteiger partial charge in [-0.15, -0.1) is 0 Å². The number of nitrogens with zero attached hydrogens (tertiary/aromatic N) is 1. The number of allylic oxidation sites excluding steroid dienone is 19. The third-order valence-corrected chi connectivity index (χ3v) is 15.9. The molecule has 0 saturated carbocycles. The number of aliphatic hydroxyl groups is 1. The van der Waals surface area contributed by atoms with Gasteiger partial charge < -0.3 is 19.8 Å². The Bertz CT molecular complexity index is 1770. The molecule has 0 aromatic rings. The summed E-state index contributed by atoms with van der Waals surface area (Å²) in [7, 11) is 1.55. The smallest absolute Gasteiger partial charge is 0.387 e. The number of aliphatic hydroxyl groups excluding tert-OH is 1. The summed E-state index contributed by atoms with van der Waals surface area (Å²) in [5.74, 6) is -0.188. The SMILES string of the molecule is CC/C=C\C/C=C\C/C=C\C/C=C\C/C=C\C/C=C\C/C=C\C/C=C\CCCCCCCCCCCCCCCCCCC(=O)NC(COP(=O)(O)OCC[N+](C)(C)C)C(O)/C=C/CC/C=C/CCCCCCCCCCCCCCCC. The Labute approximate surface area is 514 Å². The van der Waals surface area contributed by atoms with Crippen LogP contribution >= 0.6 is 7.82 Å². The molecule has 83 heavy (non-hydrogen) atoms. The summed E-state index contributed by atoms with van der Waals surface area (Å²) < 4.78 is 23.8. The minimum Gasteiger partial charge on any atom is -0.387 e. The van der Waals surface area contributed by atoms with E-state index in [9.17, 15) is 19.4 Å². The van der Waals surface area contributed by atoms with Crippen LogP contribution in [0.25, 0.3) is 0 Å². The summed E-state index contributed by atoms with van der Waals surface area (Å²) in [4.78, 5) is 23.4. The molecule has 0 fully saturated rings. The highest BCUT2D eigenvalue weighted by Crippen LogP contribution is 2.43. The predicted octanol–water partition coefficient (Wildman–Crippen LogP) is 22.0. The summed E-state index contributed by atoms with van der Waals surface area (Å²) in [5, 5.41) is 14.0. The third-order valence-electron chi connectivity index (χ3n) is 14.9. The summed E-state index contributed by atoms with van der Waals surface area (Å²) in [6.07, 6.45) is 94.8. The van der Waals surface area contributed by atoms with Crippen LogP contribution in [-0.4, -0.2) is 73.4 Å². The van der Waals surface area contributed by atoms with E-state index >= 15 is 0 Å². The molecule has 3 N–H and O–H groups in total. The van der Waals surface area contributed by atoms with E-state index < -0.39 is 20.0 Å². The normalized spacial score (nSPS) is 14.4. The number of carbonyl (C=O) groups excluding carboxylic acids is 1.